The first kappa shape index (κ1) is 23.8. The van der Waals surface area contributed by atoms with Gasteiger partial charge in [0, 0.05) is 5.56 Å². The number of hydrogen-bond donors (Lipinski definition) is 1. The van der Waals surface area contributed by atoms with Gasteiger partial charge in [0.05, 0.1) is 58.0 Å². The number of fused-ring (bicyclic) bond motifs is 1. The summed E-state index contributed by atoms with van der Waals surface area (Å²) in [5.74, 6) is 2.59. The summed E-state index contributed by atoms with van der Waals surface area (Å²) in [7, 11) is 6.49. The highest BCUT2D eigenvalue weighted by Crippen LogP contribution is 2.48. The van der Waals surface area contributed by atoms with Gasteiger partial charge in [-0.1, -0.05) is 18.6 Å². The van der Waals surface area contributed by atoms with Gasteiger partial charge in [-0.25, -0.2) is 0 Å². The maximum Gasteiger partial charge on any atom is 0.136 e. The van der Waals surface area contributed by atoms with Crippen LogP contribution < -0.4 is 18.9 Å². The van der Waals surface area contributed by atoms with Gasteiger partial charge in [-0.3, -0.25) is 0 Å². The van der Waals surface area contributed by atoms with E-state index >= 15 is 0 Å². The number of methoxy groups -OCH3 is 4. The van der Waals surface area contributed by atoms with Gasteiger partial charge in [0.15, 0.2) is 0 Å². The average Bonchev–Trinajstić information content (AvgIpc) is 2.76. The monoisotopic (exact) mass is 418 g/mol. The standard InChI is InChI=1S/C24H34O6/c1-8-16(25)14-30-18(10-9-15(2)3)17-13-21(28-6)22-19(26-4)11-12-20(27-5)23(22)24(17)29-7/h9,11-13,16,18,25H,8,10,14H2,1-7H3. The third-order valence-corrected chi connectivity index (χ3v) is 5.06. The Bertz CT molecular complexity index is 870. The van der Waals surface area contributed by atoms with Crippen molar-refractivity contribution in [2.24, 2.45) is 0 Å². The van der Waals surface area contributed by atoms with Crippen molar-refractivity contribution in [1.82, 2.24) is 0 Å². The molecule has 0 spiro atoms. The highest BCUT2D eigenvalue weighted by molar-refractivity contribution is 6.03. The Morgan fingerprint density at radius 2 is 1.53 bits per heavy atom. The van der Waals surface area contributed by atoms with E-state index in [-0.39, 0.29) is 12.7 Å². The van der Waals surface area contributed by atoms with Gasteiger partial charge in [-0.2, -0.15) is 0 Å². The first-order chi connectivity index (χ1) is 14.4. The molecule has 2 rings (SSSR count). The first-order valence-corrected chi connectivity index (χ1v) is 10.1. The quantitative estimate of drug-likeness (QED) is 0.515. The summed E-state index contributed by atoms with van der Waals surface area (Å²) < 4.78 is 28.9. The van der Waals surface area contributed by atoms with Crippen LogP contribution in [0.3, 0.4) is 0 Å². The van der Waals surface area contributed by atoms with E-state index in [1.54, 1.807) is 28.4 Å². The average molecular weight is 419 g/mol. The normalized spacial score (nSPS) is 12.9. The zero-order chi connectivity index (χ0) is 22.3. The predicted octanol–water partition coefficient (Wildman–Crippen LogP) is 5.06. The molecule has 0 heterocycles. The van der Waals surface area contributed by atoms with E-state index in [0.29, 0.717) is 35.8 Å². The lowest BCUT2D eigenvalue weighted by Crippen LogP contribution is -2.17. The summed E-state index contributed by atoms with van der Waals surface area (Å²) in [6.07, 6.45) is 2.52. The summed E-state index contributed by atoms with van der Waals surface area (Å²) in [5, 5.41) is 11.6. The molecule has 6 heteroatoms. The van der Waals surface area contributed by atoms with Crippen LogP contribution in [0.1, 0.15) is 45.3 Å². The minimum absolute atomic E-state index is 0.233. The molecule has 166 valence electrons. The molecule has 0 aromatic heterocycles. The summed E-state index contributed by atoms with van der Waals surface area (Å²) >= 11 is 0. The van der Waals surface area contributed by atoms with E-state index in [2.05, 4.69) is 6.08 Å². The van der Waals surface area contributed by atoms with Crippen LogP contribution in [0.15, 0.2) is 29.8 Å². The highest BCUT2D eigenvalue weighted by Gasteiger charge is 2.25. The van der Waals surface area contributed by atoms with Crippen LogP contribution in [0.4, 0.5) is 0 Å². The smallest absolute Gasteiger partial charge is 0.136 e. The Kier molecular flexibility index (Phi) is 8.81. The fraction of sp³-hybridized carbons (Fsp3) is 0.500. The molecule has 2 aromatic carbocycles. The zero-order valence-corrected chi connectivity index (χ0v) is 19.1. The molecule has 0 bridgehead atoms. The molecule has 0 saturated heterocycles. The van der Waals surface area contributed by atoms with Gasteiger partial charge in [-0.15, -0.1) is 0 Å². The molecule has 0 aliphatic heterocycles. The third-order valence-electron chi connectivity index (χ3n) is 5.06. The van der Waals surface area contributed by atoms with Crippen LogP contribution in [-0.2, 0) is 4.74 Å². The van der Waals surface area contributed by atoms with Crippen molar-refractivity contribution in [1.29, 1.82) is 0 Å². The van der Waals surface area contributed by atoms with Gasteiger partial charge >= 0.3 is 0 Å². The van der Waals surface area contributed by atoms with E-state index in [9.17, 15) is 5.11 Å². The first-order valence-electron chi connectivity index (χ1n) is 10.1. The van der Waals surface area contributed by atoms with Crippen molar-refractivity contribution < 1.29 is 28.8 Å². The Hall–Kier alpha value is -2.44. The zero-order valence-electron chi connectivity index (χ0n) is 19.1. The van der Waals surface area contributed by atoms with Crippen molar-refractivity contribution in [3.05, 3.63) is 35.4 Å². The topological polar surface area (TPSA) is 66.4 Å². The van der Waals surface area contributed by atoms with E-state index in [0.717, 1.165) is 16.3 Å². The molecule has 0 saturated carbocycles. The predicted molar refractivity (Wildman–Crippen MR) is 119 cm³/mol. The minimum Gasteiger partial charge on any atom is -0.496 e. The maximum atomic E-state index is 10.0. The number of hydrogen-bond acceptors (Lipinski definition) is 6. The van der Waals surface area contributed by atoms with Crippen LogP contribution in [-0.4, -0.2) is 46.3 Å². The maximum absolute atomic E-state index is 10.0. The lowest BCUT2D eigenvalue weighted by atomic mass is 9.97. The number of aliphatic hydroxyl groups is 1. The summed E-state index contributed by atoms with van der Waals surface area (Å²) in [5.41, 5.74) is 2.01. The van der Waals surface area contributed by atoms with Crippen molar-refractivity contribution in [2.75, 3.05) is 35.0 Å². The van der Waals surface area contributed by atoms with Crippen molar-refractivity contribution in [3.8, 4) is 23.0 Å². The lowest BCUT2D eigenvalue weighted by molar-refractivity contribution is -0.0111. The van der Waals surface area contributed by atoms with Crippen molar-refractivity contribution in [2.45, 2.75) is 45.8 Å². The molecule has 2 unspecified atom stereocenters. The third kappa shape index (κ3) is 5.18. The van der Waals surface area contributed by atoms with E-state index in [1.807, 2.05) is 39.0 Å². The fourth-order valence-electron chi connectivity index (χ4n) is 3.39. The second-order valence-corrected chi connectivity index (χ2v) is 7.32. The van der Waals surface area contributed by atoms with Crippen molar-refractivity contribution >= 4 is 10.8 Å². The molecule has 2 atom stereocenters. The van der Waals surface area contributed by atoms with Gasteiger partial charge in [0.2, 0.25) is 0 Å². The Labute approximate surface area is 179 Å². The molecule has 0 fully saturated rings. The van der Waals surface area contributed by atoms with Gasteiger partial charge in [-0.05, 0) is 44.9 Å². The molecule has 0 aliphatic rings. The van der Waals surface area contributed by atoms with Crippen LogP contribution in [0.2, 0.25) is 0 Å². The van der Waals surface area contributed by atoms with Gasteiger partial charge < -0.3 is 28.8 Å². The molecular formula is C24H34O6. The molecule has 0 amide bonds. The number of allylic oxidation sites excluding steroid dienone is 1. The Balaban J connectivity index is 2.76. The number of ether oxygens (including phenoxy) is 5. The molecule has 2 aromatic rings. The largest absolute Gasteiger partial charge is 0.496 e. The van der Waals surface area contributed by atoms with Gasteiger partial charge in [0.1, 0.15) is 23.0 Å². The molecule has 0 aliphatic carbocycles. The van der Waals surface area contributed by atoms with Crippen LogP contribution in [0, 0.1) is 0 Å². The van der Waals surface area contributed by atoms with E-state index in [4.69, 9.17) is 23.7 Å². The molecule has 30 heavy (non-hydrogen) atoms. The SMILES string of the molecule is CCC(O)COC(CC=C(C)C)c1cc(OC)c2c(OC)ccc(OC)c2c1OC. The summed E-state index contributed by atoms with van der Waals surface area (Å²) in [6, 6.07) is 5.61. The van der Waals surface area contributed by atoms with E-state index < -0.39 is 6.10 Å². The van der Waals surface area contributed by atoms with Crippen LogP contribution >= 0.6 is 0 Å². The molecule has 1 N–H and O–H groups in total. The second-order valence-electron chi connectivity index (χ2n) is 7.32. The van der Waals surface area contributed by atoms with Crippen molar-refractivity contribution in [3.63, 3.8) is 0 Å². The summed E-state index contributed by atoms with van der Waals surface area (Å²) in [6.45, 7) is 6.25. The molecule has 0 radical (unpaired) electrons. The number of benzene rings is 2. The Morgan fingerprint density at radius 3 is 2.03 bits per heavy atom. The second kappa shape index (κ2) is 11.1. The highest BCUT2D eigenvalue weighted by atomic mass is 16.5. The molecular weight excluding hydrogens is 384 g/mol. The van der Waals surface area contributed by atoms with E-state index in [1.165, 1.54) is 5.57 Å². The van der Waals surface area contributed by atoms with Crippen LogP contribution in [0.25, 0.3) is 10.8 Å². The van der Waals surface area contributed by atoms with Gasteiger partial charge in [0.25, 0.3) is 0 Å². The number of aliphatic hydroxyl groups excluding tert-OH is 1. The summed E-state index contributed by atoms with van der Waals surface area (Å²) in [4.78, 5) is 0. The lowest BCUT2D eigenvalue weighted by Gasteiger charge is -2.24. The number of rotatable bonds is 11. The fourth-order valence-corrected chi connectivity index (χ4v) is 3.39. The minimum atomic E-state index is -0.526. The Morgan fingerprint density at radius 1 is 0.933 bits per heavy atom. The molecule has 6 nitrogen and oxygen atoms in total. The van der Waals surface area contributed by atoms with Crippen LogP contribution in [0.5, 0.6) is 23.0 Å².